The summed E-state index contributed by atoms with van der Waals surface area (Å²) in [6.07, 6.45) is 7.76. The maximum atomic E-state index is 8.97. The predicted molar refractivity (Wildman–Crippen MR) is 80.8 cm³/mol. The Kier molecular flexibility index (Phi) is 4.11. The summed E-state index contributed by atoms with van der Waals surface area (Å²) in [6.45, 7) is 4.35. The Bertz CT molecular complexity index is 556. The normalized spacial score (nSPS) is 20.8. The van der Waals surface area contributed by atoms with Crippen molar-refractivity contribution in [2.24, 2.45) is 10.6 Å². The first-order valence-electron chi connectivity index (χ1n) is 6.34. The van der Waals surface area contributed by atoms with Gasteiger partial charge >= 0.3 is 0 Å². The number of hydrogen-bond acceptors (Lipinski definition) is 2. The van der Waals surface area contributed by atoms with Gasteiger partial charge in [0.25, 0.3) is 0 Å². The SMILES string of the molecule is CC1(C)CC(C=Cc2ccccc2Cl)=CC(=NO)C1. The van der Waals surface area contributed by atoms with Crippen LogP contribution in [0.25, 0.3) is 6.08 Å². The molecular weight excluding hydrogens is 258 g/mol. The van der Waals surface area contributed by atoms with Crippen molar-refractivity contribution in [2.45, 2.75) is 26.7 Å². The van der Waals surface area contributed by atoms with Crippen LogP contribution in [-0.2, 0) is 0 Å². The summed E-state index contributed by atoms with van der Waals surface area (Å²) >= 11 is 6.12. The molecule has 0 saturated heterocycles. The Balaban J connectivity index is 2.23. The average molecular weight is 276 g/mol. The minimum absolute atomic E-state index is 0.121. The molecule has 2 nitrogen and oxygen atoms in total. The molecule has 0 atom stereocenters. The molecule has 0 unspecified atom stereocenters. The first kappa shape index (κ1) is 13.9. The van der Waals surface area contributed by atoms with Crippen LogP contribution in [0.5, 0.6) is 0 Å². The van der Waals surface area contributed by atoms with Crippen molar-refractivity contribution in [2.75, 3.05) is 0 Å². The number of hydrogen-bond donors (Lipinski definition) is 1. The molecule has 0 amide bonds. The van der Waals surface area contributed by atoms with Gasteiger partial charge in [0.05, 0.1) is 5.71 Å². The van der Waals surface area contributed by atoms with Crippen LogP contribution in [0.3, 0.4) is 0 Å². The minimum Gasteiger partial charge on any atom is -0.411 e. The molecule has 1 aromatic rings. The van der Waals surface area contributed by atoms with Gasteiger partial charge in [0, 0.05) is 5.02 Å². The summed E-state index contributed by atoms with van der Waals surface area (Å²) in [5.74, 6) is 0. The van der Waals surface area contributed by atoms with Crippen molar-refractivity contribution in [1.82, 2.24) is 0 Å². The fourth-order valence-corrected chi connectivity index (χ4v) is 2.60. The number of nitrogens with zero attached hydrogens (tertiary/aromatic N) is 1. The molecule has 1 aliphatic rings. The summed E-state index contributed by atoms with van der Waals surface area (Å²) in [5, 5.41) is 13.1. The maximum Gasteiger partial charge on any atom is 0.0803 e. The van der Waals surface area contributed by atoms with Crippen LogP contribution < -0.4 is 0 Å². The molecule has 1 aliphatic carbocycles. The van der Waals surface area contributed by atoms with Crippen molar-refractivity contribution < 1.29 is 5.21 Å². The molecule has 0 fully saturated rings. The lowest BCUT2D eigenvalue weighted by Crippen LogP contribution is -2.21. The van der Waals surface area contributed by atoms with E-state index in [2.05, 4.69) is 19.0 Å². The van der Waals surface area contributed by atoms with E-state index in [-0.39, 0.29) is 5.41 Å². The topological polar surface area (TPSA) is 32.6 Å². The predicted octanol–water partition coefficient (Wildman–Crippen LogP) is 4.93. The number of rotatable bonds is 2. The fraction of sp³-hybridized carbons (Fsp3) is 0.312. The Hall–Kier alpha value is -1.54. The van der Waals surface area contributed by atoms with Gasteiger partial charge in [0.2, 0.25) is 0 Å². The third kappa shape index (κ3) is 3.71. The lowest BCUT2D eigenvalue weighted by Gasteiger charge is -2.28. The summed E-state index contributed by atoms with van der Waals surface area (Å²) in [7, 11) is 0. The lowest BCUT2D eigenvalue weighted by molar-refractivity contribution is 0.308. The average Bonchev–Trinajstić information content (AvgIpc) is 2.36. The van der Waals surface area contributed by atoms with E-state index >= 15 is 0 Å². The molecule has 19 heavy (non-hydrogen) atoms. The van der Waals surface area contributed by atoms with Gasteiger partial charge in [-0.3, -0.25) is 0 Å². The van der Waals surface area contributed by atoms with Crippen LogP contribution in [0.2, 0.25) is 5.02 Å². The van der Waals surface area contributed by atoms with E-state index in [9.17, 15) is 0 Å². The van der Waals surface area contributed by atoms with Crippen LogP contribution in [0.15, 0.2) is 47.1 Å². The molecule has 100 valence electrons. The lowest BCUT2D eigenvalue weighted by atomic mass is 9.76. The number of allylic oxidation sites excluding steroid dienone is 3. The van der Waals surface area contributed by atoms with Gasteiger partial charge in [0.15, 0.2) is 0 Å². The molecule has 1 N–H and O–H groups in total. The van der Waals surface area contributed by atoms with Gasteiger partial charge in [-0.05, 0) is 41.5 Å². The second-order valence-corrected chi connectivity index (χ2v) is 6.09. The van der Waals surface area contributed by atoms with Gasteiger partial charge in [-0.2, -0.15) is 0 Å². The van der Waals surface area contributed by atoms with Gasteiger partial charge in [-0.1, -0.05) is 61.0 Å². The van der Waals surface area contributed by atoms with Crippen molar-refractivity contribution >= 4 is 23.4 Å². The number of oxime groups is 1. The number of halogens is 1. The van der Waals surface area contributed by atoms with E-state index in [0.29, 0.717) is 0 Å². The molecular formula is C16H18ClNO. The second-order valence-electron chi connectivity index (χ2n) is 5.68. The van der Waals surface area contributed by atoms with E-state index in [1.165, 1.54) is 0 Å². The van der Waals surface area contributed by atoms with Gasteiger partial charge in [-0.25, -0.2) is 0 Å². The summed E-state index contributed by atoms with van der Waals surface area (Å²) in [5.41, 5.74) is 3.01. The Morgan fingerprint density at radius 1 is 1.21 bits per heavy atom. The van der Waals surface area contributed by atoms with E-state index in [1.54, 1.807) is 0 Å². The largest absolute Gasteiger partial charge is 0.411 e. The summed E-state index contributed by atoms with van der Waals surface area (Å²) < 4.78 is 0. The standard InChI is InChI=1S/C16H18ClNO/c1-16(2)10-12(9-14(11-16)18-19)7-8-13-5-3-4-6-15(13)17/h3-9,19H,10-11H2,1-2H3. The van der Waals surface area contributed by atoms with Crippen molar-refractivity contribution in [3.05, 3.63) is 52.6 Å². The molecule has 0 bridgehead atoms. The quantitative estimate of drug-likeness (QED) is 0.602. The highest BCUT2D eigenvalue weighted by Gasteiger charge is 2.25. The molecule has 0 heterocycles. The first-order valence-corrected chi connectivity index (χ1v) is 6.72. The molecule has 0 radical (unpaired) electrons. The smallest absolute Gasteiger partial charge is 0.0803 e. The zero-order valence-corrected chi connectivity index (χ0v) is 12.0. The molecule has 2 rings (SSSR count). The summed E-state index contributed by atoms with van der Waals surface area (Å²) in [6, 6.07) is 7.74. The van der Waals surface area contributed by atoms with Crippen molar-refractivity contribution in [1.29, 1.82) is 0 Å². The van der Waals surface area contributed by atoms with E-state index in [4.69, 9.17) is 16.8 Å². The van der Waals surface area contributed by atoms with Crippen LogP contribution in [0.1, 0.15) is 32.3 Å². The van der Waals surface area contributed by atoms with Gasteiger partial charge < -0.3 is 5.21 Å². The third-order valence-electron chi connectivity index (χ3n) is 3.20. The molecule has 0 aromatic heterocycles. The minimum atomic E-state index is 0.121. The molecule has 0 saturated carbocycles. The van der Waals surface area contributed by atoms with Crippen LogP contribution in [-0.4, -0.2) is 10.9 Å². The molecule has 1 aromatic carbocycles. The Morgan fingerprint density at radius 3 is 2.63 bits per heavy atom. The van der Waals surface area contributed by atoms with E-state index in [0.717, 1.165) is 34.7 Å². The molecule has 0 aliphatic heterocycles. The highest BCUT2D eigenvalue weighted by atomic mass is 35.5. The van der Waals surface area contributed by atoms with Crippen LogP contribution >= 0.6 is 11.6 Å². The summed E-state index contributed by atoms with van der Waals surface area (Å²) in [4.78, 5) is 0. The fourth-order valence-electron chi connectivity index (χ4n) is 2.40. The van der Waals surface area contributed by atoms with Gasteiger partial charge in [0.1, 0.15) is 0 Å². The van der Waals surface area contributed by atoms with E-state index < -0.39 is 0 Å². The maximum absolute atomic E-state index is 8.97. The second kappa shape index (κ2) is 5.62. The van der Waals surface area contributed by atoms with Gasteiger partial charge in [-0.15, -0.1) is 0 Å². The number of benzene rings is 1. The molecule has 0 spiro atoms. The third-order valence-corrected chi connectivity index (χ3v) is 3.55. The van der Waals surface area contributed by atoms with Crippen molar-refractivity contribution in [3.63, 3.8) is 0 Å². The van der Waals surface area contributed by atoms with Crippen molar-refractivity contribution in [3.8, 4) is 0 Å². The zero-order valence-electron chi connectivity index (χ0n) is 11.2. The van der Waals surface area contributed by atoms with E-state index in [1.807, 2.05) is 42.5 Å². The monoisotopic (exact) mass is 275 g/mol. The zero-order chi connectivity index (χ0) is 13.9. The first-order chi connectivity index (χ1) is 9.00. The Morgan fingerprint density at radius 2 is 1.95 bits per heavy atom. The highest BCUT2D eigenvalue weighted by Crippen LogP contribution is 2.34. The van der Waals surface area contributed by atoms with Crippen LogP contribution in [0, 0.1) is 5.41 Å². The molecule has 3 heteroatoms. The Labute approximate surface area is 119 Å². The van der Waals surface area contributed by atoms with Crippen LogP contribution in [0.4, 0.5) is 0 Å². The highest BCUT2D eigenvalue weighted by molar-refractivity contribution is 6.32.